The van der Waals surface area contributed by atoms with Gasteiger partial charge in [-0.25, -0.2) is 0 Å². The number of carbonyl (C=O) groups is 1. The minimum atomic E-state index is -0.123. The van der Waals surface area contributed by atoms with Gasteiger partial charge >= 0.3 is 0 Å². The number of amides is 1. The van der Waals surface area contributed by atoms with E-state index in [-0.39, 0.29) is 11.3 Å². The normalized spacial score (nSPS) is 25.4. The largest absolute Gasteiger partial charge is 0.491 e. The van der Waals surface area contributed by atoms with Gasteiger partial charge in [0, 0.05) is 36.2 Å². The minimum absolute atomic E-state index is 0.0588. The molecule has 0 spiro atoms. The van der Waals surface area contributed by atoms with Crippen LogP contribution in [0.4, 0.5) is 0 Å². The Hall–Kier alpha value is -2.18. The molecule has 4 rings (SSSR count). The van der Waals surface area contributed by atoms with Gasteiger partial charge in [-0.15, -0.1) is 11.3 Å². The van der Waals surface area contributed by atoms with Crippen molar-refractivity contribution in [3.05, 3.63) is 53.0 Å². The van der Waals surface area contributed by atoms with Gasteiger partial charge in [0.15, 0.2) is 0 Å². The number of pyridine rings is 1. The third-order valence-electron chi connectivity index (χ3n) is 4.93. The van der Waals surface area contributed by atoms with Crippen LogP contribution in [0.3, 0.4) is 0 Å². The average molecular weight is 356 g/mol. The molecule has 0 N–H and O–H groups in total. The fraction of sp³-hybridized carbons (Fsp3) is 0.368. The smallest absolute Gasteiger partial charge is 0.246 e. The molecule has 2 aromatic heterocycles. The van der Waals surface area contributed by atoms with Crippen LogP contribution in [0.2, 0.25) is 0 Å². The monoisotopic (exact) mass is 356 g/mol. The van der Waals surface area contributed by atoms with Crippen LogP contribution in [0.25, 0.3) is 6.08 Å². The molecule has 25 heavy (non-hydrogen) atoms. The molecule has 0 aliphatic carbocycles. The van der Waals surface area contributed by atoms with Crippen molar-refractivity contribution in [1.29, 1.82) is 0 Å². The zero-order valence-corrected chi connectivity index (χ0v) is 14.7. The lowest BCUT2D eigenvalue weighted by Crippen LogP contribution is -2.38. The van der Waals surface area contributed by atoms with Gasteiger partial charge in [0.2, 0.25) is 5.91 Å². The van der Waals surface area contributed by atoms with Crippen molar-refractivity contribution in [2.45, 2.75) is 0 Å². The van der Waals surface area contributed by atoms with Gasteiger partial charge in [0.25, 0.3) is 0 Å². The predicted octanol–water partition coefficient (Wildman–Crippen LogP) is 2.71. The van der Waals surface area contributed by atoms with Gasteiger partial charge in [-0.2, -0.15) is 0 Å². The maximum absolute atomic E-state index is 12.5. The summed E-state index contributed by atoms with van der Waals surface area (Å²) in [6.07, 6.45) is 6.99. The number of ether oxygens (including phenoxy) is 2. The van der Waals surface area contributed by atoms with Crippen LogP contribution >= 0.6 is 11.3 Å². The topological polar surface area (TPSA) is 51.7 Å². The SMILES string of the molecule is O=C(/C=C/c1cccs1)N1C[C@@H]2COC[C@]2(COc2cccnc2)C1. The molecule has 2 atom stereocenters. The van der Waals surface area contributed by atoms with Crippen LogP contribution < -0.4 is 4.74 Å². The number of aromatic nitrogens is 1. The fourth-order valence-corrected chi connectivity index (χ4v) is 4.13. The van der Waals surface area contributed by atoms with Crippen molar-refractivity contribution >= 4 is 23.3 Å². The predicted molar refractivity (Wildman–Crippen MR) is 96.4 cm³/mol. The quantitative estimate of drug-likeness (QED) is 0.773. The molecule has 2 aromatic rings. The molecule has 0 bridgehead atoms. The van der Waals surface area contributed by atoms with E-state index in [9.17, 15) is 4.79 Å². The number of thiophene rings is 1. The summed E-state index contributed by atoms with van der Waals surface area (Å²) in [6, 6.07) is 7.74. The minimum Gasteiger partial charge on any atom is -0.491 e. The maximum atomic E-state index is 12.5. The number of fused-ring (bicyclic) bond motifs is 1. The molecule has 0 aromatic carbocycles. The Morgan fingerprint density at radius 2 is 2.44 bits per heavy atom. The van der Waals surface area contributed by atoms with Crippen LogP contribution in [0.15, 0.2) is 48.1 Å². The molecule has 2 aliphatic heterocycles. The number of rotatable bonds is 5. The molecule has 4 heterocycles. The molecule has 0 unspecified atom stereocenters. The second kappa shape index (κ2) is 6.98. The van der Waals surface area contributed by atoms with E-state index in [1.54, 1.807) is 29.8 Å². The van der Waals surface area contributed by atoms with Crippen molar-refractivity contribution in [3.8, 4) is 5.75 Å². The van der Waals surface area contributed by atoms with Gasteiger partial charge in [0.05, 0.1) is 31.4 Å². The van der Waals surface area contributed by atoms with Crippen LogP contribution in [0, 0.1) is 11.3 Å². The molecule has 0 radical (unpaired) electrons. The van der Waals surface area contributed by atoms with Crippen molar-refractivity contribution in [1.82, 2.24) is 9.88 Å². The van der Waals surface area contributed by atoms with Crippen LogP contribution in [-0.2, 0) is 9.53 Å². The molecule has 2 fully saturated rings. The van der Waals surface area contributed by atoms with Gasteiger partial charge in [-0.3, -0.25) is 9.78 Å². The molecule has 5 nitrogen and oxygen atoms in total. The van der Waals surface area contributed by atoms with E-state index in [0.717, 1.165) is 17.2 Å². The highest BCUT2D eigenvalue weighted by Gasteiger charge is 2.52. The number of nitrogens with zero attached hydrogens (tertiary/aromatic N) is 2. The van der Waals surface area contributed by atoms with E-state index in [4.69, 9.17) is 9.47 Å². The molecule has 130 valence electrons. The third kappa shape index (κ3) is 3.45. The summed E-state index contributed by atoms with van der Waals surface area (Å²) in [4.78, 5) is 19.6. The summed E-state index contributed by atoms with van der Waals surface area (Å²) < 4.78 is 11.6. The lowest BCUT2D eigenvalue weighted by molar-refractivity contribution is -0.125. The van der Waals surface area contributed by atoms with Gasteiger partial charge in [-0.05, 0) is 29.7 Å². The van der Waals surface area contributed by atoms with Gasteiger partial charge < -0.3 is 14.4 Å². The summed E-state index contributed by atoms with van der Waals surface area (Å²) >= 11 is 1.63. The molecule has 0 saturated carbocycles. The Bertz CT molecular complexity index is 747. The first-order valence-corrected chi connectivity index (χ1v) is 9.24. The number of likely N-dealkylation sites (tertiary alicyclic amines) is 1. The summed E-state index contributed by atoms with van der Waals surface area (Å²) in [5, 5.41) is 2.01. The van der Waals surface area contributed by atoms with Crippen molar-refractivity contribution in [2.75, 3.05) is 32.9 Å². The van der Waals surface area contributed by atoms with E-state index >= 15 is 0 Å². The lowest BCUT2D eigenvalue weighted by Gasteiger charge is -2.26. The molecular formula is C19H20N2O3S. The molecule has 2 saturated heterocycles. The van der Waals surface area contributed by atoms with Crippen molar-refractivity contribution in [3.63, 3.8) is 0 Å². The molecule has 1 amide bonds. The van der Waals surface area contributed by atoms with E-state index < -0.39 is 0 Å². The molecular weight excluding hydrogens is 336 g/mol. The van der Waals surface area contributed by atoms with E-state index in [0.29, 0.717) is 32.3 Å². The molecule has 2 aliphatic rings. The highest BCUT2D eigenvalue weighted by Crippen LogP contribution is 2.41. The van der Waals surface area contributed by atoms with Crippen LogP contribution in [-0.4, -0.2) is 48.7 Å². The fourth-order valence-electron chi connectivity index (χ4n) is 3.51. The van der Waals surface area contributed by atoms with E-state index in [2.05, 4.69) is 4.98 Å². The zero-order valence-electron chi connectivity index (χ0n) is 13.8. The Kier molecular flexibility index (Phi) is 4.55. The standard InChI is InChI=1S/C19H20N2O3S/c22-18(6-5-17-4-2-8-25-17)21-10-15-11-23-13-19(15,12-21)14-24-16-3-1-7-20-9-16/h1-9,15H,10-14H2/b6-5+/t15-,19+/m1/s1. The summed E-state index contributed by atoms with van der Waals surface area (Å²) in [6.45, 7) is 3.27. The van der Waals surface area contributed by atoms with Crippen molar-refractivity contribution in [2.24, 2.45) is 11.3 Å². The number of hydrogen-bond donors (Lipinski definition) is 0. The second-order valence-electron chi connectivity index (χ2n) is 6.62. The highest BCUT2D eigenvalue weighted by molar-refractivity contribution is 7.10. The Labute approximate surface area is 150 Å². The average Bonchev–Trinajstić information content (AvgIpc) is 3.34. The van der Waals surface area contributed by atoms with E-state index in [1.165, 1.54) is 0 Å². The Morgan fingerprint density at radius 3 is 3.24 bits per heavy atom. The summed E-state index contributed by atoms with van der Waals surface area (Å²) in [5.74, 6) is 1.14. The highest BCUT2D eigenvalue weighted by atomic mass is 32.1. The first-order valence-electron chi connectivity index (χ1n) is 8.36. The van der Waals surface area contributed by atoms with Gasteiger partial charge in [0.1, 0.15) is 5.75 Å². The first kappa shape index (κ1) is 16.3. The zero-order chi connectivity index (χ0) is 17.1. The molecule has 6 heteroatoms. The van der Waals surface area contributed by atoms with Crippen LogP contribution in [0.1, 0.15) is 4.88 Å². The first-order chi connectivity index (χ1) is 12.3. The van der Waals surface area contributed by atoms with Crippen LogP contribution in [0.5, 0.6) is 5.75 Å². The lowest BCUT2D eigenvalue weighted by atomic mass is 9.82. The second-order valence-corrected chi connectivity index (χ2v) is 7.60. The number of carbonyl (C=O) groups excluding carboxylic acids is 1. The van der Waals surface area contributed by atoms with E-state index in [1.807, 2.05) is 40.6 Å². The third-order valence-corrected chi connectivity index (χ3v) is 5.76. The Morgan fingerprint density at radius 1 is 1.48 bits per heavy atom. The van der Waals surface area contributed by atoms with Crippen molar-refractivity contribution < 1.29 is 14.3 Å². The number of hydrogen-bond acceptors (Lipinski definition) is 5. The Balaban J connectivity index is 1.41. The summed E-state index contributed by atoms with van der Waals surface area (Å²) in [5.41, 5.74) is -0.123. The maximum Gasteiger partial charge on any atom is 0.246 e. The summed E-state index contributed by atoms with van der Waals surface area (Å²) in [7, 11) is 0. The van der Waals surface area contributed by atoms with Gasteiger partial charge in [-0.1, -0.05) is 6.07 Å².